The second-order valence-electron chi connectivity index (χ2n) is 4.35. The summed E-state index contributed by atoms with van der Waals surface area (Å²) in [5, 5.41) is 0. The highest BCUT2D eigenvalue weighted by Gasteiger charge is 2.23. The van der Waals surface area contributed by atoms with Crippen molar-refractivity contribution in [2.45, 2.75) is 52.4 Å². The Morgan fingerprint density at radius 1 is 1.29 bits per heavy atom. The molecule has 0 N–H and O–H groups in total. The summed E-state index contributed by atoms with van der Waals surface area (Å²) in [6.45, 7) is 4.11. The summed E-state index contributed by atoms with van der Waals surface area (Å²) in [4.78, 5) is 11.7. The molecule has 0 aromatic rings. The van der Waals surface area contributed by atoms with Crippen LogP contribution < -0.4 is 0 Å². The summed E-state index contributed by atoms with van der Waals surface area (Å²) in [5.74, 6) is 7.41. The number of Topliss-reactive ketones (excluding diaryl/α,β-unsaturated/α-hetero) is 1. The standard InChI is InChI=1S/C13H20O/c1-3-4-5-6-13(14)12-9-7-11(2)8-10-12/h11-12H,5-10H2,1-2H3. The van der Waals surface area contributed by atoms with Crippen molar-refractivity contribution in [2.75, 3.05) is 0 Å². The van der Waals surface area contributed by atoms with Crippen LogP contribution in [-0.4, -0.2) is 5.78 Å². The Hall–Kier alpha value is -0.770. The Morgan fingerprint density at radius 3 is 2.50 bits per heavy atom. The topological polar surface area (TPSA) is 17.1 Å². The second-order valence-corrected chi connectivity index (χ2v) is 4.35. The van der Waals surface area contributed by atoms with Crippen LogP contribution in [0, 0.1) is 23.7 Å². The molecule has 0 atom stereocenters. The van der Waals surface area contributed by atoms with Gasteiger partial charge in [0.05, 0.1) is 0 Å². The maximum atomic E-state index is 11.7. The van der Waals surface area contributed by atoms with Crippen LogP contribution in [0.2, 0.25) is 0 Å². The van der Waals surface area contributed by atoms with E-state index in [4.69, 9.17) is 0 Å². The van der Waals surface area contributed by atoms with E-state index >= 15 is 0 Å². The van der Waals surface area contributed by atoms with E-state index in [9.17, 15) is 4.79 Å². The molecule has 1 fully saturated rings. The minimum absolute atomic E-state index is 0.352. The molecular weight excluding hydrogens is 172 g/mol. The van der Waals surface area contributed by atoms with Crippen LogP contribution in [0.15, 0.2) is 0 Å². The molecule has 1 rings (SSSR count). The van der Waals surface area contributed by atoms with E-state index in [2.05, 4.69) is 18.8 Å². The van der Waals surface area contributed by atoms with Crippen LogP contribution in [0.5, 0.6) is 0 Å². The molecular formula is C13H20O. The van der Waals surface area contributed by atoms with Gasteiger partial charge in [-0.1, -0.05) is 19.8 Å². The first kappa shape index (κ1) is 11.3. The number of hydrogen-bond donors (Lipinski definition) is 0. The van der Waals surface area contributed by atoms with Crippen molar-refractivity contribution in [3.63, 3.8) is 0 Å². The van der Waals surface area contributed by atoms with Gasteiger partial charge in [0.2, 0.25) is 0 Å². The van der Waals surface area contributed by atoms with E-state index in [1.54, 1.807) is 0 Å². The Balaban J connectivity index is 2.26. The molecule has 0 spiro atoms. The molecule has 1 aliphatic carbocycles. The molecule has 0 unspecified atom stereocenters. The zero-order valence-electron chi connectivity index (χ0n) is 9.31. The fourth-order valence-electron chi connectivity index (χ4n) is 2.10. The fourth-order valence-corrected chi connectivity index (χ4v) is 2.10. The normalized spacial score (nSPS) is 26.4. The predicted molar refractivity (Wildman–Crippen MR) is 58.8 cm³/mol. The maximum absolute atomic E-state index is 11.7. The molecule has 1 saturated carbocycles. The zero-order valence-corrected chi connectivity index (χ0v) is 9.31. The van der Waals surface area contributed by atoms with Gasteiger partial charge in [0.15, 0.2) is 0 Å². The van der Waals surface area contributed by atoms with E-state index in [0.29, 0.717) is 18.1 Å². The Labute approximate surface area is 87.3 Å². The van der Waals surface area contributed by atoms with Gasteiger partial charge in [0.1, 0.15) is 5.78 Å². The number of hydrogen-bond acceptors (Lipinski definition) is 1. The molecule has 14 heavy (non-hydrogen) atoms. The lowest BCUT2D eigenvalue weighted by molar-refractivity contribution is -0.123. The van der Waals surface area contributed by atoms with Gasteiger partial charge in [0, 0.05) is 18.8 Å². The Bertz CT molecular complexity index is 236. The molecule has 0 saturated heterocycles. The van der Waals surface area contributed by atoms with Gasteiger partial charge in [-0.05, 0) is 25.7 Å². The van der Waals surface area contributed by atoms with E-state index < -0.39 is 0 Å². The van der Waals surface area contributed by atoms with Gasteiger partial charge >= 0.3 is 0 Å². The highest BCUT2D eigenvalue weighted by atomic mass is 16.1. The first-order chi connectivity index (χ1) is 6.74. The summed E-state index contributed by atoms with van der Waals surface area (Å²) in [7, 11) is 0. The summed E-state index contributed by atoms with van der Waals surface area (Å²) in [6.07, 6.45) is 6.10. The number of carbonyl (C=O) groups excluding carboxylic acids is 1. The molecule has 1 aliphatic rings. The van der Waals surface area contributed by atoms with Crippen molar-refractivity contribution in [1.29, 1.82) is 0 Å². The summed E-state index contributed by atoms with van der Waals surface area (Å²) in [6, 6.07) is 0. The maximum Gasteiger partial charge on any atom is 0.136 e. The van der Waals surface area contributed by atoms with Gasteiger partial charge in [-0.15, -0.1) is 11.8 Å². The highest BCUT2D eigenvalue weighted by Crippen LogP contribution is 2.29. The van der Waals surface area contributed by atoms with Gasteiger partial charge in [0.25, 0.3) is 0 Å². The molecule has 0 aromatic carbocycles. The van der Waals surface area contributed by atoms with Crippen LogP contribution >= 0.6 is 0 Å². The molecule has 1 nitrogen and oxygen atoms in total. The fraction of sp³-hybridized carbons (Fsp3) is 0.769. The minimum atomic E-state index is 0.352. The molecule has 0 bridgehead atoms. The summed E-state index contributed by atoms with van der Waals surface area (Å²) < 4.78 is 0. The third kappa shape index (κ3) is 3.54. The summed E-state index contributed by atoms with van der Waals surface area (Å²) in [5.41, 5.74) is 0. The van der Waals surface area contributed by atoms with Crippen LogP contribution in [0.3, 0.4) is 0 Å². The Morgan fingerprint density at radius 2 is 1.93 bits per heavy atom. The third-order valence-corrected chi connectivity index (χ3v) is 3.14. The predicted octanol–water partition coefficient (Wildman–Crippen LogP) is 3.19. The van der Waals surface area contributed by atoms with Crippen molar-refractivity contribution in [1.82, 2.24) is 0 Å². The largest absolute Gasteiger partial charge is 0.299 e. The van der Waals surface area contributed by atoms with E-state index in [1.165, 1.54) is 12.8 Å². The van der Waals surface area contributed by atoms with E-state index in [0.717, 1.165) is 25.2 Å². The SMILES string of the molecule is CC#CCCC(=O)C1CCC(C)CC1. The van der Waals surface area contributed by atoms with Gasteiger partial charge in [-0.3, -0.25) is 4.79 Å². The molecule has 0 heterocycles. The Kier molecular flexibility index (Phi) is 4.73. The summed E-state index contributed by atoms with van der Waals surface area (Å²) >= 11 is 0. The highest BCUT2D eigenvalue weighted by molar-refractivity contribution is 5.81. The average Bonchev–Trinajstić information content (AvgIpc) is 2.19. The first-order valence-electron chi connectivity index (χ1n) is 5.66. The number of rotatable bonds is 3. The number of carbonyl (C=O) groups is 1. The average molecular weight is 192 g/mol. The lowest BCUT2D eigenvalue weighted by Gasteiger charge is -2.24. The van der Waals surface area contributed by atoms with Crippen LogP contribution in [-0.2, 0) is 4.79 Å². The van der Waals surface area contributed by atoms with Crippen LogP contribution in [0.4, 0.5) is 0 Å². The molecule has 78 valence electrons. The molecule has 1 heteroatoms. The lowest BCUT2D eigenvalue weighted by Crippen LogP contribution is -2.20. The molecule has 0 aromatic heterocycles. The van der Waals surface area contributed by atoms with Crippen molar-refractivity contribution >= 4 is 5.78 Å². The third-order valence-electron chi connectivity index (χ3n) is 3.14. The van der Waals surface area contributed by atoms with Crippen LogP contribution in [0.25, 0.3) is 0 Å². The van der Waals surface area contributed by atoms with E-state index in [-0.39, 0.29) is 0 Å². The lowest BCUT2D eigenvalue weighted by atomic mass is 9.80. The van der Waals surface area contributed by atoms with E-state index in [1.807, 2.05) is 6.92 Å². The van der Waals surface area contributed by atoms with Gasteiger partial charge in [-0.25, -0.2) is 0 Å². The smallest absolute Gasteiger partial charge is 0.136 e. The monoisotopic (exact) mass is 192 g/mol. The zero-order chi connectivity index (χ0) is 10.4. The van der Waals surface area contributed by atoms with Crippen molar-refractivity contribution in [3.05, 3.63) is 0 Å². The molecule has 0 aliphatic heterocycles. The minimum Gasteiger partial charge on any atom is -0.299 e. The van der Waals surface area contributed by atoms with Crippen LogP contribution in [0.1, 0.15) is 52.4 Å². The molecule has 0 radical (unpaired) electrons. The first-order valence-corrected chi connectivity index (χ1v) is 5.66. The second kappa shape index (κ2) is 5.86. The quantitative estimate of drug-likeness (QED) is 0.628. The number of ketones is 1. The van der Waals surface area contributed by atoms with Crippen molar-refractivity contribution in [2.24, 2.45) is 11.8 Å². The van der Waals surface area contributed by atoms with Gasteiger partial charge in [-0.2, -0.15) is 0 Å². The van der Waals surface area contributed by atoms with Crippen molar-refractivity contribution < 1.29 is 4.79 Å². The van der Waals surface area contributed by atoms with Crippen molar-refractivity contribution in [3.8, 4) is 11.8 Å². The molecule has 0 amide bonds. The van der Waals surface area contributed by atoms with Gasteiger partial charge < -0.3 is 0 Å².